The van der Waals surface area contributed by atoms with Crippen LogP contribution in [0.25, 0.3) is 0 Å². The van der Waals surface area contributed by atoms with Gasteiger partial charge in [0.05, 0.1) is 6.42 Å². The van der Waals surface area contributed by atoms with Crippen LogP contribution in [0.15, 0.2) is 60.7 Å². The molecule has 3 saturated heterocycles. The summed E-state index contributed by atoms with van der Waals surface area (Å²) in [6, 6.07) is 0.697. The molecule has 634 valence electrons. The van der Waals surface area contributed by atoms with Crippen molar-refractivity contribution in [3.8, 4) is 5.75 Å². The monoisotopic (exact) mass is 1620 g/mol. The summed E-state index contributed by atoms with van der Waals surface area (Å²) in [5.74, 6) is -28.0. The van der Waals surface area contributed by atoms with Crippen molar-refractivity contribution in [1.82, 2.24) is 68.3 Å². The Labute approximate surface area is 666 Å². The fourth-order valence-electron chi connectivity index (χ4n) is 13.3. The number of nitrogens with zero attached hydrogens (tertiary/aromatic N) is 2. The van der Waals surface area contributed by atoms with Crippen LogP contribution >= 0.6 is 0 Å². The van der Waals surface area contributed by atoms with Gasteiger partial charge in [0.25, 0.3) is 0 Å². The van der Waals surface area contributed by atoms with Gasteiger partial charge in [-0.3, -0.25) is 57.5 Å². The molecule has 3 fully saturated rings. The van der Waals surface area contributed by atoms with E-state index in [0.29, 0.717) is 17.5 Å². The van der Waals surface area contributed by atoms with Gasteiger partial charge in [0.2, 0.25) is 99.8 Å². The molecule has 0 radical (unpaired) electrons. The second-order valence-electron chi connectivity index (χ2n) is 32.7. The lowest BCUT2D eigenvalue weighted by molar-refractivity contribution is -0.143. The first kappa shape index (κ1) is 93.4. The predicted octanol–water partition coefficient (Wildman–Crippen LogP) is 5.54. The Balaban J connectivity index is 1.48. The maximum atomic E-state index is 15.8. The van der Waals surface area contributed by atoms with Gasteiger partial charge in [-0.2, -0.15) is 8.78 Å². The van der Waals surface area contributed by atoms with Crippen LogP contribution in [0.5, 0.6) is 5.75 Å². The predicted molar refractivity (Wildman–Crippen MR) is 409 cm³/mol. The zero-order valence-electron chi connectivity index (χ0n) is 67.7. The molecule has 11 atom stereocenters. The SMILES string of the molecule is CC(C)C[C@@H]1NC(=O)[C@H](CCCNC(=O)OC(C)(C)C)NC(=O)[C@H](C(C)C)NC(=O)[C@@H]2C[C@@H](NC(=O)CCC(=O)Oc3c(F)c(F)c(F)c(F)c3F)CN2C(=O)[C@@H](Cc2ccccc2)NC(=O)[C@H](CC(C)C)NC(=O)[C@H](CCCNC(=O)OC(C)(C)C)NC(=O)[C@H](C(C)C)NC(=O)[C@@H]2CCCN2C(=O)[C@@H](Cc2ccccc2)NC1=O. The first-order chi connectivity index (χ1) is 53.9. The summed E-state index contributed by atoms with van der Waals surface area (Å²) in [7, 11) is 0. The highest BCUT2D eigenvalue weighted by Gasteiger charge is 2.46. The number of esters is 1. The molecule has 0 unspecified atom stereocenters. The van der Waals surface area contributed by atoms with Crippen molar-refractivity contribution in [3.05, 3.63) is 101 Å². The second-order valence-corrected chi connectivity index (χ2v) is 32.7. The molecule has 13 amide bonds. The number of hydrogen-bond acceptors (Lipinski definition) is 17. The zero-order valence-corrected chi connectivity index (χ0v) is 67.7. The number of ether oxygens (including phenoxy) is 3. The molecule has 0 aliphatic carbocycles. The molecule has 30 nitrogen and oxygen atoms in total. The fourth-order valence-corrected chi connectivity index (χ4v) is 13.3. The maximum Gasteiger partial charge on any atom is 0.407 e. The third kappa shape index (κ3) is 28.8. The Kier molecular flexibility index (Phi) is 34.7. The third-order valence-electron chi connectivity index (χ3n) is 18.9. The number of hydrogen-bond donors (Lipinski definition) is 11. The first-order valence-corrected chi connectivity index (χ1v) is 39.0. The maximum absolute atomic E-state index is 15.8. The third-order valence-corrected chi connectivity index (χ3v) is 18.9. The van der Waals surface area contributed by atoms with Gasteiger partial charge < -0.3 is 82.5 Å². The Bertz CT molecular complexity index is 3930. The summed E-state index contributed by atoms with van der Waals surface area (Å²) in [5.41, 5.74) is -0.745. The van der Waals surface area contributed by atoms with Crippen LogP contribution in [0.4, 0.5) is 31.5 Å². The van der Waals surface area contributed by atoms with E-state index in [1.54, 1.807) is 158 Å². The van der Waals surface area contributed by atoms with Crippen molar-refractivity contribution in [1.29, 1.82) is 0 Å². The van der Waals surface area contributed by atoms with Crippen LogP contribution in [0.1, 0.15) is 179 Å². The highest BCUT2D eigenvalue weighted by atomic mass is 19.2. The second kappa shape index (κ2) is 42.7. The smallest absolute Gasteiger partial charge is 0.407 e. The minimum Gasteiger partial charge on any atom is -0.444 e. The van der Waals surface area contributed by atoms with Gasteiger partial charge in [-0.05, 0) is 134 Å². The van der Waals surface area contributed by atoms with Crippen LogP contribution in [-0.2, 0) is 79.8 Å². The van der Waals surface area contributed by atoms with Crippen LogP contribution < -0.4 is 63.2 Å². The van der Waals surface area contributed by atoms with Crippen LogP contribution in [0.2, 0.25) is 0 Å². The summed E-state index contributed by atoms with van der Waals surface area (Å²) in [6.07, 6.45) is -4.53. The summed E-state index contributed by atoms with van der Waals surface area (Å²) >= 11 is 0. The summed E-state index contributed by atoms with van der Waals surface area (Å²) in [6.45, 7) is 22.5. The Morgan fingerprint density at radius 1 is 0.470 bits per heavy atom. The minimum atomic E-state index is -2.53. The first-order valence-electron chi connectivity index (χ1n) is 39.0. The van der Waals surface area contributed by atoms with Crippen molar-refractivity contribution < 1.29 is 103 Å². The Hall–Kier alpha value is -10.5. The van der Waals surface area contributed by atoms with Crippen molar-refractivity contribution in [2.75, 3.05) is 26.2 Å². The molecule has 3 aromatic carbocycles. The van der Waals surface area contributed by atoms with E-state index in [1.165, 1.54) is 4.90 Å². The van der Waals surface area contributed by atoms with E-state index < -0.39 is 233 Å². The molecule has 0 saturated carbocycles. The van der Waals surface area contributed by atoms with Gasteiger partial charge in [-0.1, -0.05) is 116 Å². The quantitative estimate of drug-likeness (QED) is 0.0139. The molecule has 115 heavy (non-hydrogen) atoms. The van der Waals surface area contributed by atoms with E-state index in [4.69, 9.17) is 9.47 Å². The number of alkyl carbamates (subject to hydrolysis) is 2. The molecule has 3 aliphatic heterocycles. The molecular weight excluding hydrogens is 1510 g/mol. The molecule has 3 aromatic rings. The number of carbonyl (C=O) groups is 14. The molecule has 0 bridgehead atoms. The van der Waals surface area contributed by atoms with E-state index in [0.717, 1.165) is 4.90 Å². The van der Waals surface area contributed by atoms with Crippen LogP contribution in [0, 0.1) is 52.8 Å². The topological polar surface area (TPSA) is 405 Å². The van der Waals surface area contributed by atoms with Gasteiger partial charge >= 0.3 is 18.2 Å². The van der Waals surface area contributed by atoms with Gasteiger partial charge in [-0.15, -0.1) is 0 Å². The van der Waals surface area contributed by atoms with Crippen molar-refractivity contribution in [2.24, 2.45) is 23.7 Å². The van der Waals surface area contributed by atoms with Gasteiger partial charge in [0, 0.05) is 51.5 Å². The standard InChI is InChI=1S/C80H112F5N13O17/c1-42(2)36-51-69(103)93-53(38-46-24-17-15-18-25-46)75(109)97-35-23-30-55(97)71(105)95-64(44(5)6)73(107)89-49(28-21-33-86-77(111)114-79(9,10)11)67(101)92-52(37-43(3)4)70(104)94-54(39-47-26-19-16-20-27-47)76(110)98-41-48(88-57(99)31-32-58(100)113-66-62(84)60(82)59(81)61(83)63(66)85)40-56(98)72(106)96-65(45(7)8)74(108)90-50(68(102)91-51)29-22-34-87-78(112)115-80(12,13)14/h15-20,24-27,42-45,48-56,64-65H,21-23,28-41H2,1-14H3,(H,86,111)(H,87,112)(H,88,99)(H,89,107)(H,90,108)(H,91,102)(H,92,101)(H,93,103)(H,94,104)(H,95,105)(H,96,106)/t48-,49+,50+,51+,52+,53-,54-,55+,56+,64+,65+/m1/s1. The molecule has 0 spiro atoms. The van der Waals surface area contributed by atoms with Gasteiger partial charge in [-0.25, -0.2) is 22.8 Å². The molecular formula is C80H112F5N13O17. The summed E-state index contributed by atoms with van der Waals surface area (Å²) < 4.78 is 86.4. The molecule has 3 heterocycles. The van der Waals surface area contributed by atoms with Crippen LogP contribution in [0.3, 0.4) is 0 Å². The largest absolute Gasteiger partial charge is 0.444 e. The number of nitrogens with one attached hydrogen (secondary N) is 11. The summed E-state index contributed by atoms with van der Waals surface area (Å²) in [4.78, 5) is 206. The highest BCUT2D eigenvalue weighted by Crippen LogP contribution is 2.31. The van der Waals surface area contributed by atoms with Crippen molar-refractivity contribution >= 4 is 83.1 Å². The fraction of sp³-hybridized carbons (Fsp3) is 0.600. The van der Waals surface area contributed by atoms with Gasteiger partial charge in [0.15, 0.2) is 0 Å². The Morgan fingerprint density at radius 2 is 0.852 bits per heavy atom. The number of amides is 13. The lowest BCUT2D eigenvalue weighted by atomic mass is 9.98. The Morgan fingerprint density at radius 3 is 1.26 bits per heavy atom. The van der Waals surface area contributed by atoms with E-state index >= 15 is 38.4 Å². The highest BCUT2D eigenvalue weighted by molar-refractivity contribution is 6.00. The van der Waals surface area contributed by atoms with E-state index in [1.807, 2.05) is 0 Å². The van der Waals surface area contributed by atoms with Crippen LogP contribution in [-0.4, -0.2) is 197 Å². The normalized spacial score (nSPS) is 23.0. The average molecular weight is 1620 g/mol. The van der Waals surface area contributed by atoms with E-state index in [2.05, 4.69) is 63.2 Å². The number of carbonyl (C=O) groups excluding carboxylic acids is 14. The molecule has 11 N–H and O–H groups in total. The van der Waals surface area contributed by atoms with Crippen molar-refractivity contribution in [2.45, 2.75) is 258 Å². The lowest BCUT2D eigenvalue weighted by Gasteiger charge is -2.33. The van der Waals surface area contributed by atoms with E-state index in [9.17, 15) is 50.7 Å². The molecule has 3 aliphatic rings. The minimum absolute atomic E-state index is 0.0122. The lowest BCUT2D eigenvalue weighted by Crippen LogP contribution is -2.62. The number of fused-ring (bicyclic) bond motifs is 2. The van der Waals surface area contributed by atoms with Gasteiger partial charge in [0.1, 0.15) is 71.6 Å². The number of benzene rings is 3. The number of rotatable bonds is 23. The molecule has 35 heteroatoms. The summed E-state index contributed by atoms with van der Waals surface area (Å²) in [5, 5.41) is 29.9. The number of halogens is 5. The zero-order chi connectivity index (χ0) is 85.5. The molecule has 6 rings (SSSR count). The van der Waals surface area contributed by atoms with E-state index in [-0.39, 0.29) is 89.3 Å². The molecule has 0 aromatic heterocycles. The average Bonchev–Trinajstić information content (AvgIpc) is 1.77. The van der Waals surface area contributed by atoms with Crippen molar-refractivity contribution in [3.63, 3.8) is 0 Å².